The van der Waals surface area contributed by atoms with Gasteiger partial charge in [0.15, 0.2) is 5.82 Å². The highest BCUT2D eigenvalue weighted by Gasteiger charge is 2.04. The van der Waals surface area contributed by atoms with E-state index in [-0.39, 0.29) is 5.91 Å². The Morgan fingerprint density at radius 2 is 2.00 bits per heavy atom. The van der Waals surface area contributed by atoms with E-state index in [1.807, 2.05) is 6.07 Å². The van der Waals surface area contributed by atoms with Gasteiger partial charge in [-0.1, -0.05) is 18.2 Å². The van der Waals surface area contributed by atoms with Crippen molar-refractivity contribution in [2.24, 2.45) is 0 Å². The molecular weight excluding hydrogens is 232 g/mol. The quantitative estimate of drug-likeness (QED) is 0.791. The third-order valence-corrected chi connectivity index (χ3v) is 2.19. The molecule has 2 rings (SSSR count). The second-order valence-electron chi connectivity index (χ2n) is 3.39. The molecule has 0 radical (unpaired) electrons. The molecule has 0 unspecified atom stereocenters. The number of carbonyl (C=O) groups excluding carboxylic acids is 1. The summed E-state index contributed by atoms with van der Waals surface area (Å²) in [7, 11) is 1.51. The lowest BCUT2D eigenvalue weighted by atomic mass is 10.2. The minimum absolute atomic E-state index is 0.242. The smallest absolute Gasteiger partial charge is 0.269 e. The van der Waals surface area contributed by atoms with Gasteiger partial charge in [-0.25, -0.2) is 9.97 Å². The Hall–Kier alpha value is -2.63. The van der Waals surface area contributed by atoms with Crippen LogP contribution in [0.1, 0.15) is 10.4 Å². The maximum absolute atomic E-state index is 11.7. The second-order valence-corrected chi connectivity index (χ2v) is 3.39. The van der Waals surface area contributed by atoms with E-state index in [4.69, 9.17) is 4.74 Å². The number of hydrogen-bond acceptors (Lipinski definition) is 5. The van der Waals surface area contributed by atoms with Gasteiger partial charge in [0.2, 0.25) is 5.88 Å². The summed E-state index contributed by atoms with van der Waals surface area (Å²) in [6.45, 7) is 0. The molecule has 0 spiro atoms. The standard InChI is InChI=1S/C12H12N4O2/c1-18-11-7-10(13-8-14-11)15-16-12(17)9-5-3-2-4-6-9/h2-8H,1H3,(H,16,17)(H,13,14,15). The number of anilines is 1. The van der Waals surface area contributed by atoms with Crippen molar-refractivity contribution < 1.29 is 9.53 Å². The summed E-state index contributed by atoms with van der Waals surface area (Å²) >= 11 is 0. The lowest BCUT2D eigenvalue weighted by Crippen LogP contribution is -2.29. The summed E-state index contributed by atoms with van der Waals surface area (Å²) in [6.07, 6.45) is 1.34. The van der Waals surface area contributed by atoms with Gasteiger partial charge in [-0.3, -0.25) is 15.6 Å². The molecule has 0 saturated heterocycles. The van der Waals surface area contributed by atoms with Crippen molar-refractivity contribution >= 4 is 11.7 Å². The summed E-state index contributed by atoms with van der Waals surface area (Å²) in [5.74, 6) is 0.626. The zero-order valence-corrected chi connectivity index (χ0v) is 9.75. The Labute approximate surface area is 104 Å². The van der Waals surface area contributed by atoms with Crippen molar-refractivity contribution in [3.05, 3.63) is 48.3 Å². The molecule has 0 aliphatic carbocycles. The normalized spacial score (nSPS) is 9.61. The average Bonchev–Trinajstić information content (AvgIpc) is 2.46. The van der Waals surface area contributed by atoms with Crippen LogP contribution in [-0.2, 0) is 0 Å². The van der Waals surface area contributed by atoms with Crippen molar-refractivity contribution in [3.63, 3.8) is 0 Å². The molecule has 2 aromatic rings. The molecule has 0 aliphatic rings. The average molecular weight is 244 g/mol. The number of carbonyl (C=O) groups is 1. The summed E-state index contributed by atoms with van der Waals surface area (Å²) < 4.78 is 4.94. The topological polar surface area (TPSA) is 76.1 Å². The number of rotatable bonds is 4. The van der Waals surface area contributed by atoms with Gasteiger partial charge in [-0.2, -0.15) is 0 Å². The van der Waals surface area contributed by atoms with Gasteiger partial charge in [0.1, 0.15) is 6.33 Å². The second kappa shape index (κ2) is 5.62. The Kier molecular flexibility index (Phi) is 3.70. The van der Waals surface area contributed by atoms with E-state index in [1.165, 1.54) is 13.4 Å². The number of hydrogen-bond donors (Lipinski definition) is 2. The zero-order valence-electron chi connectivity index (χ0n) is 9.75. The number of amides is 1. The Morgan fingerprint density at radius 3 is 2.72 bits per heavy atom. The largest absolute Gasteiger partial charge is 0.481 e. The van der Waals surface area contributed by atoms with E-state index in [9.17, 15) is 4.79 Å². The van der Waals surface area contributed by atoms with E-state index in [0.29, 0.717) is 17.3 Å². The highest BCUT2D eigenvalue weighted by atomic mass is 16.5. The maximum atomic E-state index is 11.7. The van der Waals surface area contributed by atoms with Crippen LogP contribution in [0.4, 0.5) is 5.82 Å². The molecule has 2 N–H and O–H groups in total. The monoisotopic (exact) mass is 244 g/mol. The Balaban J connectivity index is 1.97. The van der Waals surface area contributed by atoms with Crippen molar-refractivity contribution in [1.29, 1.82) is 0 Å². The number of hydrazine groups is 1. The first-order chi connectivity index (χ1) is 8.79. The van der Waals surface area contributed by atoms with Gasteiger partial charge in [0, 0.05) is 11.6 Å². The summed E-state index contributed by atoms with van der Waals surface area (Å²) in [5.41, 5.74) is 5.78. The van der Waals surface area contributed by atoms with Crippen molar-refractivity contribution in [2.75, 3.05) is 12.5 Å². The molecule has 0 atom stereocenters. The van der Waals surface area contributed by atoms with Crippen LogP contribution in [0, 0.1) is 0 Å². The number of nitrogens with one attached hydrogen (secondary N) is 2. The van der Waals surface area contributed by atoms with Gasteiger partial charge in [-0.05, 0) is 12.1 Å². The van der Waals surface area contributed by atoms with E-state index >= 15 is 0 Å². The van der Waals surface area contributed by atoms with Crippen molar-refractivity contribution in [1.82, 2.24) is 15.4 Å². The predicted octanol–water partition coefficient (Wildman–Crippen LogP) is 1.24. The minimum atomic E-state index is -0.242. The highest BCUT2D eigenvalue weighted by molar-refractivity contribution is 5.94. The van der Waals surface area contributed by atoms with Gasteiger partial charge in [0.05, 0.1) is 7.11 Å². The van der Waals surface area contributed by atoms with Crippen LogP contribution < -0.4 is 15.6 Å². The van der Waals surface area contributed by atoms with Crippen molar-refractivity contribution in [3.8, 4) is 5.88 Å². The number of methoxy groups -OCH3 is 1. The fourth-order valence-corrected chi connectivity index (χ4v) is 1.30. The van der Waals surface area contributed by atoms with Crippen LogP contribution in [-0.4, -0.2) is 23.0 Å². The molecule has 1 aromatic heterocycles. The first kappa shape index (κ1) is 11.8. The first-order valence-corrected chi connectivity index (χ1v) is 5.27. The van der Waals surface area contributed by atoms with Crippen molar-refractivity contribution in [2.45, 2.75) is 0 Å². The van der Waals surface area contributed by atoms with E-state index in [2.05, 4.69) is 20.8 Å². The summed E-state index contributed by atoms with van der Waals surface area (Å²) in [5, 5.41) is 0. The van der Waals surface area contributed by atoms with Crippen LogP contribution in [0.5, 0.6) is 5.88 Å². The number of ether oxygens (including phenoxy) is 1. The van der Waals surface area contributed by atoms with E-state index < -0.39 is 0 Å². The van der Waals surface area contributed by atoms with Gasteiger partial charge >= 0.3 is 0 Å². The number of nitrogens with zero attached hydrogens (tertiary/aromatic N) is 2. The van der Waals surface area contributed by atoms with Crippen LogP contribution in [0.15, 0.2) is 42.7 Å². The highest BCUT2D eigenvalue weighted by Crippen LogP contribution is 2.09. The number of aromatic nitrogens is 2. The molecule has 18 heavy (non-hydrogen) atoms. The minimum Gasteiger partial charge on any atom is -0.481 e. The molecule has 0 aliphatic heterocycles. The molecule has 1 heterocycles. The molecule has 1 aromatic carbocycles. The third kappa shape index (κ3) is 2.94. The Morgan fingerprint density at radius 1 is 1.22 bits per heavy atom. The molecule has 0 saturated carbocycles. The third-order valence-electron chi connectivity index (χ3n) is 2.19. The SMILES string of the molecule is COc1cc(NNC(=O)c2ccccc2)ncn1. The predicted molar refractivity (Wildman–Crippen MR) is 66.1 cm³/mol. The number of benzene rings is 1. The summed E-state index contributed by atoms with van der Waals surface area (Å²) in [4.78, 5) is 19.5. The Bertz CT molecular complexity index is 531. The van der Waals surface area contributed by atoms with Gasteiger partial charge < -0.3 is 4.74 Å². The molecule has 6 heteroatoms. The molecular formula is C12H12N4O2. The fourth-order valence-electron chi connectivity index (χ4n) is 1.30. The molecule has 0 fully saturated rings. The van der Waals surface area contributed by atoms with Crippen LogP contribution in [0.25, 0.3) is 0 Å². The van der Waals surface area contributed by atoms with E-state index in [1.54, 1.807) is 30.3 Å². The van der Waals surface area contributed by atoms with Crippen LogP contribution in [0.2, 0.25) is 0 Å². The molecule has 0 bridgehead atoms. The van der Waals surface area contributed by atoms with Crippen LogP contribution >= 0.6 is 0 Å². The molecule has 1 amide bonds. The fraction of sp³-hybridized carbons (Fsp3) is 0.0833. The lowest BCUT2D eigenvalue weighted by Gasteiger charge is -2.08. The maximum Gasteiger partial charge on any atom is 0.269 e. The van der Waals surface area contributed by atoms with Gasteiger partial charge in [-0.15, -0.1) is 0 Å². The van der Waals surface area contributed by atoms with Crippen LogP contribution in [0.3, 0.4) is 0 Å². The first-order valence-electron chi connectivity index (χ1n) is 5.27. The molecule has 92 valence electrons. The molecule has 6 nitrogen and oxygen atoms in total. The lowest BCUT2D eigenvalue weighted by molar-refractivity contribution is 0.0962. The van der Waals surface area contributed by atoms with E-state index in [0.717, 1.165) is 0 Å². The summed E-state index contributed by atoms with van der Waals surface area (Å²) in [6, 6.07) is 10.4. The zero-order chi connectivity index (χ0) is 12.8. The van der Waals surface area contributed by atoms with Gasteiger partial charge in [0.25, 0.3) is 5.91 Å².